The third kappa shape index (κ3) is 5.89. The standard InChI is InChI=1S/C21H34N4O2.HI/c1-4-27-16-11-21(9-10-21)17-23-20(22-2)25-14-12-24(13-15-25)18-7-5-6-8-19(18)26-3;/h5-8H,4,9-17H2,1-3H3,(H,22,23);1H. The van der Waals surface area contributed by atoms with E-state index in [4.69, 9.17) is 9.47 Å². The quantitative estimate of drug-likeness (QED) is 0.256. The van der Waals surface area contributed by atoms with Crippen LogP contribution in [0.2, 0.25) is 0 Å². The molecule has 6 nitrogen and oxygen atoms in total. The number of benzene rings is 1. The minimum Gasteiger partial charge on any atom is -0.495 e. The number of methoxy groups -OCH3 is 1. The lowest BCUT2D eigenvalue weighted by molar-refractivity contribution is 0.128. The lowest BCUT2D eigenvalue weighted by Gasteiger charge is -2.38. The molecule has 0 radical (unpaired) electrons. The Morgan fingerprint density at radius 1 is 1.18 bits per heavy atom. The zero-order valence-corrected chi connectivity index (χ0v) is 19.8. The van der Waals surface area contributed by atoms with E-state index in [1.807, 2.05) is 19.2 Å². The molecule has 0 unspecified atom stereocenters. The summed E-state index contributed by atoms with van der Waals surface area (Å²) in [5, 5.41) is 3.62. The highest BCUT2D eigenvalue weighted by Gasteiger charge is 2.42. The minimum atomic E-state index is 0. The Kier molecular flexibility index (Phi) is 9.14. The Morgan fingerprint density at radius 2 is 1.89 bits per heavy atom. The fourth-order valence-corrected chi connectivity index (χ4v) is 3.77. The van der Waals surface area contributed by atoms with Crippen LogP contribution in [0.15, 0.2) is 29.3 Å². The maximum Gasteiger partial charge on any atom is 0.193 e. The van der Waals surface area contributed by atoms with Crippen molar-refractivity contribution in [2.45, 2.75) is 26.2 Å². The molecular formula is C21H35IN4O2. The van der Waals surface area contributed by atoms with Crippen molar-refractivity contribution < 1.29 is 9.47 Å². The van der Waals surface area contributed by atoms with Gasteiger partial charge in [-0.05, 0) is 43.7 Å². The summed E-state index contributed by atoms with van der Waals surface area (Å²) in [5.74, 6) is 1.97. The zero-order valence-electron chi connectivity index (χ0n) is 17.4. The number of anilines is 1. The Morgan fingerprint density at radius 3 is 2.50 bits per heavy atom. The van der Waals surface area contributed by atoms with Gasteiger partial charge in [-0.2, -0.15) is 0 Å². The molecule has 1 aliphatic heterocycles. The fraction of sp³-hybridized carbons (Fsp3) is 0.667. The van der Waals surface area contributed by atoms with Crippen molar-refractivity contribution in [3.05, 3.63) is 24.3 Å². The van der Waals surface area contributed by atoms with Gasteiger partial charge in [0.2, 0.25) is 0 Å². The Bertz CT molecular complexity index is 629. The van der Waals surface area contributed by atoms with E-state index < -0.39 is 0 Å². The highest BCUT2D eigenvalue weighted by Crippen LogP contribution is 2.48. The summed E-state index contributed by atoms with van der Waals surface area (Å²) < 4.78 is 11.1. The van der Waals surface area contributed by atoms with E-state index in [-0.39, 0.29) is 24.0 Å². The molecule has 1 aromatic carbocycles. The van der Waals surface area contributed by atoms with Crippen LogP contribution in [-0.4, -0.2) is 71.0 Å². The van der Waals surface area contributed by atoms with E-state index in [0.717, 1.165) is 64.1 Å². The molecule has 0 amide bonds. The van der Waals surface area contributed by atoms with Crippen LogP contribution in [0.1, 0.15) is 26.2 Å². The predicted octanol–water partition coefficient (Wildman–Crippen LogP) is 3.22. The lowest BCUT2D eigenvalue weighted by Crippen LogP contribution is -2.53. The highest BCUT2D eigenvalue weighted by atomic mass is 127. The summed E-state index contributed by atoms with van der Waals surface area (Å²) in [6.45, 7) is 8.60. The topological polar surface area (TPSA) is 49.3 Å². The molecule has 1 N–H and O–H groups in total. The first-order chi connectivity index (χ1) is 13.2. The molecule has 2 fully saturated rings. The number of hydrogen-bond acceptors (Lipinski definition) is 4. The van der Waals surface area contributed by atoms with Crippen molar-refractivity contribution in [3.63, 3.8) is 0 Å². The summed E-state index contributed by atoms with van der Waals surface area (Å²) in [4.78, 5) is 9.29. The molecule has 0 spiro atoms. The van der Waals surface area contributed by atoms with Crippen molar-refractivity contribution in [1.29, 1.82) is 0 Å². The molecule has 0 bridgehead atoms. The highest BCUT2D eigenvalue weighted by molar-refractivity contribution is 14.0. The van der Waals surface area contributed by atoms with E-state index >= 15 is 0 Å². The SMILES string of the molecule is CCOCCC1(CNC(=NC)N2CCN(c3ccccc3OC)CC2)CC1.I. The molecule has 1 saturated carbocycles. The third-order valence-corrected chi connectivity index (χ3v) is 5.78. The largest absolute Gasteiger partial charge is 0.495 e. The van der Waals surface area contributed by atoms with Gasteiger partial charge in [0.1, 0.15) is 5.75 Å². The molecule has 3 rings (SSSR count). The first kappa shape index (κ1) is 23.1. The van der Waals surface area contributed by atoms with Gasteiger partial charge in [-0.25, -0.2) is 0 Å². The number of nitrogens with zero attached hydrogens (tertiary/aromatic N) is 3. The minimum absolute atomic E-state index is 0. The Balaban J connectivity index is 0.00000280. The summed E-state index contributed by atoms with van der Waals surface area (Å²) in [5.41, 5.74) is 1.60. The summed E-state index contributed by atoms with van der Waals surface area (Å²) in [7, 11) is 3.62. The first-order valence-corrected chi connectivity index (χ1v) is 10.1. The molecule has 7 heteroatoms. The third-order valence-electron chi connectivity index (χ3n) is 5.78. The van der Waals surface area contributed by atoms with Crippen LogP contribution in [0, 0.1) is 5.41 Å². The van der Waals surface area contributed by atoms with Gasteiger partial charge < -0.3 is 24.6 Å². The van der Waals surface area contributed by atoms with E-state index in [0.29, 0.717) is 5.41 Å². The number of aliphatic imine (C=N–C) groups is 1. The molecule has 1 aromatic rings. The van der Waals surface area contributed by atoms with Gasteiger partial charge in [0.15, 0.2) is 5.96 Å². The summed E-state index contributed by atoms with van der Waals surface area (Å²) in [6.07, 6.45) is 3.74. The smallest absolute Gasteiger partial charge is 0.193 e. The number of rotatable bonds is 8. The van der Waals surface area contributed by atoms with Gasteiger partial charge >= 0.3 is 0 Å². The molecule has 2 aliphatic rings. The Hall–Kier alpha value is -1.22. The second-order valence-corrected chi connectivity index (χ2v) is 7.49. The molecule has 1 saturated heterocycles. The van der Waals surface area contributed by atoms with Gasteiger partial charge in [-0.3, -0.25) is 4.99 Å². The molecule has 28 heavy (non-hydrogen) atoms. The van der Waals surface area contributed by atoms with E-state index in [2.05, 4.69) is 39.2 Å². The van der Waals surface area contributed by atoms with E-state index in [1.165, 1.54) is 18.5 Å². The van der Waals surface area contributed by atoms with Crippen molar-refractivity contribution in [3.8, 4) is 5.75 Å². The van der Waals surface area contributed by atoms with Crippen molar-refractivity contribution in [1.82, 2.24) is 10.2 Å². The average Bonchev–Trinajstić information content (AvgIpc) is 3.49. The normalized spacial score (nSPS) is 18.5. The van der Waals surface area contributed by atoms with E-state index in [1.54, 1.807) is 7.11 Å². The lowest BCUT2D eigenvalue weighted by atomic mass is 10.0. The average molecular weight is 502 g/mol. The molecule has 1 aliphatic carbocycles. The molecule has 0 aromatic heterocycles. The number of hydrogen-bond donors (Lipinski definition) is 1. The van der Waals surface area contributed by atoms with Gasteiger partial charge in [0, 0.05) is 53.0 Å². The van der Waals surface area contributed by atoms with Gasteiger partial charge in [0.05, 0.1) is 12.8 Å². The van der Waals surface area contributed by atoms with Crippen LogP contribution in [-0.2, 0) is 4.74 Å². The van der Waals surface area contributed by atoms with Crippen LogP contribution in [0.3, 0.4) is 0 Å². The van der Waals surface area contributed by atoms with Crippen LogP contribution in [0.5, 0.6) is 5.75 Å². The second kappa shape index (κ2) is 11.1. The first-order valence-electron chi connectivity index (χ1n) is 10.1. The van der Waals surface area contributed by atoms with Crippen LogP contribution in [0.4, 0.5) is 5.69 Å². The van der Waals surface area contributed by atoms with Crippen LogP contribution < -0.4 is 15.0 Å². The van der Waals surface area contributed by atoms with Gasteiger partial charge in [-0.15, -0.1) is 24.0 Å². The van der Waals surface area contributed by atoms with Gasteiger partial charge in [-0.1, -0.05) is 12.1 Å². The van der Waals surface area contributed by atoms with Crippen LogP contribution in [0.25, 0.3) is 0 Å². The number of para-hydroxylation sites is 2. The molecule has 158 valence electrons. The van der Waals surface area contributed by atoms with Gasteiger partial charge in [0.25, 0.3) is 0 Å². The zero-order chi connectivity index (χ0) is 19.1. The van der Waals surface area contributed by atoms with Crippen molar-refractivity contribution in [2.75, 3.05) is 65.0 Å². The summed E-state index contributed by atoms with van der Waals surface area (Å²) in [6, 6.07) is 8.25. The van der Waals surface area contributed by atoms with Crippen molar-refractivity contribution >= 4 is 35.6 Å². The monoisotopic (exact) mass is 502 g/mol. The number of ether oxygens (including phenoxy) is 2. The van der Waals surface area contributed by atoms with Crippen molar-refractivity contribution in [2.24, 2.45) is 10.4 Å². The summed E-state index contributed by atoms with van der Waals surface area (Å²) >= 11 is 0. The Labute approximate surface area is 186 Å². The maximum absolute atomic E-state index is 5.55. The predicted molar refractivity (Wildman–Crippen MR) is 126 cm³/mol. The number of piperazine rings is 1. The molecule has 0 atom stereocenters. The van der Waals surface area contributed by atoms with Crippen LogP contribution >= 0.6 is 24.0 Å². The van der Waals surface area contributed by atoms with E-state index in [9.17, 15) is 0 Å². The number of halogens is 1. The number of nitrogens with one attached hydrogen (secondary N) is 1. The second-order valence-electron chi connectivity index (χ2n) is 7.49. The fourth-order valence-electron chi connectivity index (χ4n) is 3.77. The number of guanidine groups is 1. The maximum atomic E-state index is 5.55. The molecule has 1 heterocycles. The molecular weight excluding hydrogens is 467 g/mol.